The molecule has 1 aromatic carbocycles. The number of Topliss-reactive ketones (excluding diaryl/α,β-unsaturated/α-hetero) is 1. The molecule has 0 radical (unpaired) electrons. The fourth-order valence-corrected chi connectivity index (χ4v) is 4.02. The number of nitrogens with zero attached hydrogens (tertiary/aromatic N) is 2. The molecular weight excluding hydrogens is 328 g/mol. The highest BCUT2D eigenvalue weighted by Crippen LogP contribution is 2.25. The average Bonchev–Trinajstić information content (AvgIpc) is 2.53. The molecule has 1 aliphatic rings. The zero-order valence-electron chi connectivity index (χ0n) is 14.7. The van der Waals surface area contributed by atoms with Crippen molar-refractivity contribution in [2.24, 2.45) is 5.92 Å². The number of carbonyl (C=O) groups excluding carboxylic acids is 1. The van der Waals surface area contributed by atoms with Crippen LogP contribution in [0.4, 0.5) is 0 Å². The Morgan fingerprint density at radius 2 is 2.04 bits per heavy atom. The normalized spacial score (nSPS) is 19.7. The van der Waals surface area contributed by atoms with Crippen molar-refractivity contribution < 1.29 is 17.9 Å². The summed E-state index contributed by atoms with van der Waals surface area (Å²) < 4.78 is 32.8. The van der Waals surface area contributed by atoms with Gasteiger partial charge >= 0.3 is 0 Å². The summed E-state index contributed by atoms with van der Waals surface area (Å²) in [4.78, 5) is 12.8. The SMILES string of the molecule is CC(C)Oc1cccc(C(=O)[C@@H]2CCCN(S(=O)(=O)N(C)C)C2)c1. The molecule has 1 saturated heterocycles. The van der Waals surface area contributed by atoms with Gasteiger partial charge in [-0.25, -0.2) is 0 Å². The van der Waals surface area contributed by atoms with Gasteiger partial charge in [-0.05, 0) is 38.8 Å². The lowest BCUT2D eigenvalue weighted by Crippen LogP contribution is -2.46. The molecular formula is C17H26N2O4S. The van der Waals surface area contributed by atoms with Crippen molar-refractivity contribution >= 4 is 16.0 Å². The maximum Gasteiger partial charge on any atom is 0.281 e. The second-order valence-electron chi connectivity index (χ2n) is 6.55. The lowest BCUT2D eigenvalue weighted by atomic mass is 9.91. The van der Waals surface area contributed by atoms with E-state index in [1.165, 1.54) is 22.7 Å². The summed E-state index contributed by atoms with van der Waals surface area (Å²) in [6.07, 6.45) is 1.42. The van der Waals surface area contributed by atoms with Gasteiger partial charge in [0, 0.05) is 38.7 Å². The highest BCUT2D eigenvalue weighted by molar-refractivity contribution is 7.86. The topological polar surface area (TPSA) is 66.9 Å². The fraction of sp³-hybridized carbons (Fsp3) is 0.588. The first kappa shape index (κ1) is 18.9. The summed E-state index contributed by atoms with van der Waals surface area (Å²) in [7, 11) is -0.468. The van der Waals surface area contributed by atoms with E-state index < -0.39 is 10.2 Å². The molecule has 1 aromatic rings. The van der Waals surface area contributed by atoms with Crippen molar-refractivity contribution in [2.45, 2.75) is 32.8 Å². The van der Waals surface area contributed by atoms with Crippen molar-refractivity contribution in [1.82, 2.24) is 8.61 Å². The Morgan fingerprint density at radius 3 is 2.67 bits per heavy atom. The Hall–Kier alpha value is -1.44. The average molecular weight is 354 g/mol. The number of hydrogen-bond acceptors (Lipinski definition) is 4. The van der Waals surface area contributed by atoms with E-state index in [2.05, 4.69) is 0 Å². The van der Waals surface area contributed by atoms with Crippen LogP contribution >= 0.6 is 0 Å². The van der Waals surface area contributed by atoms with Crippen LogP contribution in [-0.2, 0) is 10.2 Å². The largest absolute Gasteiger partial charge is 0.491 e. The minimum absolute atomic E-state index is 0.0251. The molecule has 0 bridgehead atoms. The standard InChI is InChI=1S/C17H26N2O4S/c1-13(2)23-16-9-5-7-14(11-16)17(20)15-8-6-10-19(12-15)24(21,22)18(3)4/h5,7,9,11,13,15H,6,8,10,12H2,1-4H3/t15-/m1/s1. The molecule has 0 amide bonds. The van der Waals surface area contributed by atoms with E-state index in [9.17, 15) is 13.2 Å². The van der Waals surface area contributed by atoms with E-state index in [-0.39, 0.29) is 24.3 Å². The molecule has 0 aromatic heterocycles. The zero-order chi connectivity index (χ0) is 17.9. The van der Waals surface area contributed by atoms with Crippen molar-refractivity contribution in [3.8, 4) is 5.75 Å². The number of rotatable bonds is 6. The van der Waals surface area contributed by atoms with E-state index in [0.29, 0.717) is 30.7 Å². The van der Waals surface area contributed by atoms with E-state index in [1.54, 1.807) is 18.2 Å². The molecule has 1 aliphatic heterocycles. The maximum atomic E-state index is 12.8. The number of ketones is 1. The quantitative estimate of drug-likeness (QED) is 0.735. The molecule has 1 fully saturated rings. The van der Waals surface area contributed by atoms with Gasteiger partial charge in [-0.2, -0.15) is 17.0 Å². The van der Waals surface area contributed by atoms with Gasteiger partial charge in [0.1, 0.15) is 5.75 Å². The second kappa shape index (κ2) is 7.63. The summed E-state index contributed by atoms with van der Waals surface area (Å²) in [5.41, 5.74) is 0.572. The number of carbonyl (C=O) groups is 1. The zero-order valence-corrected chi connectivity index (χ0v) is 15.5. The van der Waals surface area contributed by atoms with Crippen molar-refractivity contribution in [1.29, 1.82) is 0 Å². The summed E-state index contributed by atoms with van der Waals surface area (Å²) in [6, 6.07) is 7.11. The van der Waals surface area contributed by atoms with Crippen molar-refractivity contribution in [2.75, 3.05) is 27.2 Å². The first-order valence-corrected chi connectivity index (χ1v) is 9.60. The lowest BCUT2D eigenvalue weighted by Gasteiger charge is -2.32. The third-order valence-corrected chi connectivity index (χ3v) is 5.94. The number of hydrogen-bond donors (Lipinski definition) is 0. The molecule has 2 rings (SSSR count). The molecule has 0 unspecified atom stereocenters. The summed E-state index contributed by atoms with van der Waals surface area (Å²) in [5.74, 6) is 0.315. The Morgan fingerprint density at radius 1 is 1.33 bits per heavy atom. The molecule has 0 spiro atoms. The Bertz CT molecular complexity index is 686. The van der Waals surface area contributed by atoms with Crippen LogP contribution < -0.4 is 4.74 Å². The number of ether oxygens (including phenoxy) is 1. The highest BCUT2D eigenvalue weighted by atomic mass is 32.2. The summed E-state index contributed by atoms with van der Waals surface area (Å²) >= 11 is 0. The summed E-state index contributed by atoms with van der Waals surface area (Å²) in [6.45, 7) is 4.55. The van der Waals surface area contributed by atoms with Crippen LogP contribution in [0.5, 0.6) is 5.75 Å². The summed E-state index contributed by atoms with van der Waals surface area (Å²) in [5, 5.41) is 0. The first-order valence-electron chi connectivity index (χ1n) is 8.20. The van der Waals surface area contributed by atoms with Gasteiger partial charge in [0.05, 0.1) is 6.10 Å². The van der Waals surface area contributed by atoms with E-state index in [1.807, 2.05) is 19.9 Å². The number of benzene rings is 1. The minimum atomic E-state index is -3.48. The van der Waals surface area contributed by atoms with Gasteiger partial charge < -0.3 is 4.74 Å². The van der Waals surface area contributed by atoms with Crippen molar-refractivity contribution in [3.05, 3.63) is 29.8 Å². The highest BCUT2D eigenvalue weighted by Gasteiger charge is 2.33. The van der Waals surface area contributed by atoms with Crippen LogP contribution in [0.1, 0.15) is 37.0 Å². The van der Waals surface area contributed by atoms with Gasteiger partial charge in [-0.1, -0.05) is 12.1 Å². The van der Waals surface area contributed by atoms with Crippen LogP contribution in [0.2, 0.25) is 0 Å². The van der Waals surface area contributed by atoms with E-state index >= 15 is 0 Å². The first-order chi connectivity index (χ1) is 11.2. The predicted molar refractivity (Wildman–Crippen MR) is 93.4 cm³/mol. The Kier molecular flexibility index (Phi) is 6.01. The van der Waals surface area contributed by atoms with Crippen LogP contribution in [0, 0.1) is 5.92 Å². The third-order valence-electron chi connectivity index (χ3n) is 4.03. The lowest BCUT2D eigenvalue weighted by molar-refractivity contribution is 0.0869. The fourth-order valence-electron chi connectivity index (χ4n) is 2.83. The van der Waals surface area contributed by atoms with Gasteiger partial charge in [0.15, 0.2) is 5.78 Å². The van der Waals surface area contributed by atoms with Crippen LogP contribution in [0.3, 0.4) is 0 Å². The van der Waals surface area contributed by atoms with Gasteiger partial charge in [-0.15, -0.1) is 0 Å². The maximum absolute atomic E-state index is 12.8. The molecule has 0 saturated carbocycles. The van der Waals surface area contributed by atoms with Crippen LogP contribution in [-0.4, -0.2) is 56.1 Å². The molecule has 24 heavy (non-hydrogen) atoms. The van der Waals surface area contributed by atoms with Gasteiger partial charge in [0.25, 0.3) is 10.2 Å². The minimum Gasteiger partial charge on any atom is -0.491 e. The predicted octanol–water partition coefficient (Wildman–Crippen LogP) is 2.17. The van der Waals surface area contributed by atoms with Gasteiger partial charge in [0.2, 0.25) is 0 Å². The monoisotopic (exact) mass is 354 g/mol. The van der Waals surface area contributed by atoms with Crippen LogP contribution in [0.25, 0.3) is 0 Å². The van der Waals surface area contributed by atoms with E-state index in [0.717, 1.165) is 0 Å². The molecule has 0 aliphatic carbocycles. The Labute approximate surface area is 144 Å². The molecule has 0 N–H and O–H groups in total. The Balaban J connectivity index is 2.15. The smallest absolute Gasteiger partial charge is 0.281 e. The molecule has 6 nitrogen and oxygen atoms in total. The number of piperidine rings is 1. The third kappa shape index (κ3) is 4.34. The molecule has 7 heteroatoms. The van der Waals surface area contributed by atoms with E-state index in [4.69, 9.17) is 4.74 Å². The molecule has 134 valence electrons. The molecule has 1 heterocycles. The molecule has 1 atom stereocenters. The van der Waals surface area contributed by atoms with Crippen LogP contribution in [0.15, 0.2) is 24.3 Å². The second-order valence-corrected chi connectivity index (χ2v) is 8.69. The van der Waals surface area contributed by atoms with Gasteiger partial charge in [-0.3, -0.25) is 4.79 Å². The van der Waals surface area contributed by atoms with Crippen molar-refractivity contribution in [3.63, 3.8) is 0 Å².